The molecule has 2 aromatic rings. The van der Waals surface area contributed by atoms with Gasteiger partial charge in [-0.15, -0.1) is 0 Å². The standard InChI is InChI=1S/C14H15Cl2N3O3/c1-8-11(9(2)22-18-8)4-3-5-17-14-12(15)6-10(19(20)21)7-13(14)16/h6-7,17H,3-5H2,1-2H3. The first kappa shape index (κ1) is 16.6. The lowest BCUT2D eigenvalue weighted by atomic mass is 10.1. The fraction of sp³-hybridized carbons (Fsp3) is 0.357. The number of benzene rings is 1. The van der Waals surface area contributed by atoms with E-state index in [0.29, 0.717) is 12.2 Å². The highest BCUT2D eigenvalue weighted by molar-refractivity contribution is 6.39. The van der Waals surface area contributed by atoms with E-state index in [0.717, 1.165) is 29.9 Å². The minimum atomic E-state index is -0.529. The van der Waals surface area contributed by atoms with E-state index >= 15 is 0 Å². The number of nitrogens with one attached hydrogen (secondary N) is 1. The lowest BCUT2D eigenvalue weighted by Gasteiger charge is -2.10. The summed E-state index contributed by atoms with van der Waals surface area (Å²) in [5.74, 6) is 0.823. The first-order valence-corrected chi connectivity index (χ1v) is 7.44. The van der Waals surface area contributed by atoms with Crippen molar-refractivity contribution in [1.29, 1.82) is 0 Å². The third-order valence-electron chi connectivity index (χ3n) is 3.32. The quantitative estimate of drug-likeness (QED) is 0.472. The molecular weight excluding hydrogens is 329 g/mol. The van der Waals surface area contributed by atoms with Crippen LogP contribution >= 0.6 is 23.2 Å². The summed E-state index contributed by atoms with van der Waals surface area (Å²) in [6.45, 7) is 4.41. The van der Waals surface area contributed by atoms with Crippen LogP contribution < -0.4 is 5.32 Å². The maximum absolute atomic E-state index is 10.7. The molecule has 0 saturated heterocycles. The van der Waals surface area contributed by atoms with Gasteiger partial charge >= 0.3 is 0 Å². The number of aromatic nitrogens is 1. The van der Waals surface area contributed by atoms with E-state index < -0.39 is 4.92 Å². The van der Waals surface area contributed by atoms with Crippen molar-refractivity contribution in [1.82, 2.24) is 5.16 Å². The highest BCUT2D eigenvalue weighted by atomic mass is 35.5. The van der Waals surface area contributed by atoms with Gasteiger partial charge in [-0.2, -0.15) is 0 Å². The molecule has 1 heterocycles. The number of halogens is 2. The third kappa shape index (κ3) is 3.69. The maximum atomic E-state index is 10.7. The molecular formula is C14H15Cl2N3O3. The van der Waals surface area contributed by atoms with Crippen molar-refractivity contribution in [3.05, 3.63) is 49.3 Å². The number of non-ortho nitro benzene ring substituents is 1. The Labute approximate surface area is 137 Å². The summed E-state index contributed by atoms with van der Waals surface area (Å²) in [6, 6.07) is 2.56. The number of rotatable bonds is 6. The Balaban J connectivity index is 1.96. The highest BCUT2D eigenvalue weighted by Gasteiger charge is 2.14. The van der Waals surface area contributed by atoms with Crippen molar-refractivity contribution >= 4 is 34.6 Å². The molecule has 0 fully saturated rings. The summed E-state index contributed by atoms with van der Waals surface area (Å²) in [7, 11) is 0. The average Bonchev–Trinajstić information content (AvgIpc) is 2.76. The fourth-order valence-electron chi connectivity index (χ4n) is 2.17. The summed E-state index contributed by atoms with van der Waals surface area (Å²) >= 11 is 12.1. The van der Waals surface area contributed by atoms with Crippen molar-refractivity contribution in [3.63, 3.8) is 0 Å². The molecule has 0 bridgehead atoms. The van der Waals surface area contributed by atoms with E-state index in [1.165, 1.54) is 12.1 Å². The molecule has 0 aliphatic carbocycles. The second-order valence-corrected chi connectivity index (χ2v) is 5.69. The highest BCUT2D eigenvalue weighted by Crippen LogP contribution is 2.34. The topological polar surface area (TPSA) is 81.2 Å². The molecule has 0 unspecified atom stereocenters. The van der Waals surface area contributed by atoms with Crippen LogP contribution in [0, 0.1) is 24.0 Å². The van der Waals surface area contributed by atoms with Crippen LogP contribution in [0.25, 0.3) is 0 Å². The number of aryl methyl sites for hydroxylation is 2. The zero-order valence-electron chi connectivity index (χ0n) is 12.2. The number of hydrogen-bond acceptors (Lipinski definition) is 5. The fourth-order valence-corrected chi connectivity index (χ4v) is 2.78. The Bertz CT molecular complexity index is 658. The molecule has 1 aromatic heterocycles. The van der Waals surface area contributed by atoms with Gasteiger partial charge in [-0.25, -0.2) is 0 Å². The minimum absolute atomic E-state index is 0.128. The summed E-state index contributed by atoms with van der Waals surface area (Å²) in [5, 5.41) is 18.2. The molecule has 0 saturated carbocycles. The largest absolute Gasteiger partial charge is 0.383 e. The molecule has 22 heavy (non-hydrogen) atoms. The maximum Gasteiger partial charge on any atom is 0.272 e. The monoisotopic (exact) mass is 343 g/mol. The number of nitro groups is 1. The molecule has 0 spiro atoms. The molecule has 118 valence electrons. The third-order valence-corrected chi connectivity index (χ3v) is 3.92. The lowest BCUT2D eigenvalue weighted by Crippen LogP contribution is -2.05. The van der Waals surface area contributed by atoms with Crippen LogP contribution in [0.1, 0.15) is 23.4 Å². The molecule has 0 radical (unpaired) electrons. The van der Waals surface area contributed by atoms with Gasteiger partial charge in [-0.3, -0.25) is 10.1 Å². The molecule has 6 nitrogen and oxygen atoms in total. The predicted molar refractivity (Wildman–Crippen MR) is 85.9 cm³/mol. The van der Waals surface area contributed by atoms with Gasteiger partial charge in [0.2, 0.25) is 0 Å². The van der Waals surface area contributed by atoms with Gasteiger partial charge in [-0.1, -0.05) is 28.4 Å². The average molecular weight is 344 g/mol. The van der Waals surface area contributed by atoms with Gasteiger partial charge < -0.3 is 9.84 Å². The van der Waals surface area contributed by atoms with Gasteiger partial charge in [0, 0.05) is 24.2 Å². The van der Waals surface area contributed by atoms with Crippen molar-refractivity contribution < 1.29 is 9.45 Å². The molecule has 0 aliphatic heterocycles. The van der Waals surface area contributed by atoms with Crippen molar-refractivity contribution in [3.8, 4) is 0 Å². The van der Waals surface area contributed by atoms with E-state index in [2.05, 4.69) is 10.5 Å². The lowest BCUT2D eigenvalue weighted by molar-refractivity contribution is -0.384. The van der Waals surface area contributed by atoms with Crippen LogP contribution in [-0.2, 0) is 6.42 Å². The normalized spacial score (nSPS) is 10.7. The second-order valence-electron chi connectivity index (χ2n) is 4.87. The predicted octanol–water partition coefficient (Wildman–Crippen LogP) is 4.55. The molecule has 1 aromatic carbocycles. The van der Waals surface area contributed by atoms with E-state index in [4.69, 9.17) is 27.7 Å². The second kappa shape index (κ2) is 6.98. The Kier molecular flexibility index (Phi) is 5.26. The molecule has 2 rings (SSSR count). The summed E-state index contributed by atoms with van der Waals surface area (Å²) in [4.78, 5) is 10.2. The van der Waals surface area contributed by atoms with Crippen LogP contribution in [0.3, 0.4) is 0 Å². The van der Waals surface area contributed by atoms with Crippen LogP contribution in [0.2, 0.25) is 10.0 Å². The smallest absolute Gasteiger partial charge is 0.272 e. The Morgan fingerprint density at radius 2 is 1.95 bits per heavy atom. The van der Waals surface area contributed by atoms with Gasteiger partial charge in [-0.05, 0) is 26.7 Å². The van der Waals surface area contributed by atoms with Gasteiger partial charge in [0.25, 0.3) is 5.69 Å². The first-order chi connectivity index (χ1) is 10.4. The number of nitrogens with zero attached hydrogens (tertiary/aromatic N) is 2. The first-order valence-electron chi connectivity index (χ1n) is 6.69. The molecule has 8 heteroatoms. The van der Waals surface area contributed by atoms with Crippen molar-refractivity contribution in [2.24, 2.45) is 0 Å². The summed E-state index contributed by atoms with van der Waals surface area (Å²) < 4.78 is 5.11. The Morgan fingerprint density at radius 3 is 2.45 bits per heavy atom. The molecule has 0 aliphatic rings. The van der Waals surface area contributed by atoms with Gasteiger partial charge in [0.05, 0.1) is 26.3 Å². The van der Waals surface area contributed by atoms with Crippen molar-refractivity contribution in [2.75, 3.05) is 11.9 Å². The van der Waals surface area contributed by atoms with Crippen molar-refractivity contribution in [2.45, 2.75) is 26.7 Å². The Morgan fingerprint density at radius 1 is 1.32 bits per heavy atom. The summed E-state index contributed by atoms with van der Waals surface area (Å²) in [6.07, 6.45) is 1.64. The van der Waals surface area contributed by atoms with Crippen LogP contribution in [0.15, 0.2) is 16.7 Å². The van der Waals surface area contributed by atoms with Crippen LogP contribution in [0.5, 0.6) is 0 Å². The number of anilines is 1. The van der Waals surface area contributed by atoms with E-state index in [-0.39, 0.29) is 15.7 Å². The van der Waals surface area contributed by atoms with Crippen LogP contribution in [0.4, 0.5) is 11.4 Å². The Hall–Kier alpha value is -1.79. The van der Waals surface area contributed by atoms with Gasteiger partial charge in [0.1, 0.15) is 5.76 Å². The zero-order valence-corrected chi connectivity index (χ0v) is 13.7. The van der Waals surface area contributed by atoms with Crippen LogP contribution in [-0.4, -0.2) is 16.6 Å². The molecule has 0 amide bonds. The van der Waals surface area contributed by atoms with E-state index in [9.17, 15) is 10.1 Å². The minimum Gasteiger partial charge on any atom is -0.383 e. The van der Waals surface area contributed by atoms with E-state index in [1.807, 2.05) is 13.8 Å². The molecule has 0 atom stereocenters. The number of nitro benzene ring substituents is 1. The SMILES string of the molecule is Cc1noc(C)c1CCCNc1c(Cl)cc([N+](=O)[O-])cc1Cl. The number of hydrogen-bond donors (Lipinski definition) is 1. The molecule has 1 N–H and O–H groups in total. The summed E-state index contributed by atoms with van der Waals surface area (Å²) in [5.41, 5.74) is 2.37. The van der Waals surface area contributed by atoms with E-state index in [1.54, 1.807) is 0 Å². The zero-order chi connectivity index (χ0) is 16.3. The van der Waals surface area contributed by atoms with Gasteiger partial charge in [0.15, 0.2) is 0 Å².